The number of carbonyl (C=O) groups excluding carboxylic acids is 1. The molecule has 0 aromatic carbocycles. The van der Waals surface area contributed by atoms with Crippen molar-refractivity contribution in [1.29, 1.82) is 0 Å². The molecule has 52 valence electrons. The third kappa shape index (κ3) is 2.87. The second-order valence-corrected chi connectivity index (χ2v) is 1.74. The van der Waals surface area contributed by atoms with Gasteiger partial charge >= 0.3 is 5.97 Å². The second-order valence-electron chi connectivity index (χ2n) is 1.74. The summed E-state index contributed by atoms with van der Waals surface area (Å²) >= 11 is 0. The molecule has 0 amide bonds. The SMILES string of the molecule is C=CC[C@H]([NH3+])C(=O)OC. The van der Waals surface area contributed by atoms with Crippen molar-refractivity contribution in [2.24, 2.45) is 0 Å². The van der Waals surface area contributed by atoms with E-state index in [4.69, 9.17) is 0 Å². The van der Waals surface area contributed by atoms with Gasteiger partial charge in [-0.2, -0.15) is 0 Å². The van der Waals surface area contributed by atoms with E-state index in [0.29, 0.717) is 6.42 Å². The van der Waals surface area contributed by atoms with Crippen LogP contribution in [0.3, 0.4) is 0 Å². The van der Waals surface area contributed by atoms with E-state index in [1.165, 1.54) is 7.11 Å². The summed E-state index contributed by atoms with van der Waals surface area (Å²) in [6.45, 7) is 3.47. The van der Waals surface area contributed by atoms with Crippen LogP contribution in [0.2, 0.25) is 0 Å². The zero-order valence-electron chi connectivity index (χ0n) is 5.59. The van der Waals surface area contributed by atoms with Crippen LogP contribution in [-0.2, 0) is 9.53 Å². The Labute approximate surface area is 54.5 Å². The average Bonchev–Trinajstić information content (AvgIpc) is 1.87. The second kappa shape index (κ2) is 4.09. The lowest BCUT2D eigenvalue weighted by Gasteiger charge is -2.00. The Bertz CT molecular complexity index is 112. The van der Waals surface area contributed by atoms with Crippen LogP contribution < -0.4 is 5.73 Å². The fraction of sp³-hybridized carbons (Fsp3) is 0.500. The number of hydrogen-bond donors (Lipinski definition) is 1. The quantitative estimate of drug-likeness (QED) is 0.407. The van der Waals surface area contributed by atoms with Crippen molar-refractivity contribution < 1.29 is 15.3 Å². The fourth-order valence-corrected chi connectivity index (χ4v) is 0.464. The van der Waals surface area contributed by atoms with Gasteiger partial charge in [0, 0.05) is 6.42 Å². The number of quaternary nitrogens is 1. The standard InChI is InChI=1S/C6H11NO2/c1-3-4-5(7)6(8)9-2/h3,5H,1,4,7H2,2H3/p+1/t5-/m0/s1. The molecule has 9 heavy (non-hydrogen) atoms. The average molecular weight is 130 g/mol. The van der Waals surface area contributed by atoms with Crippen LogP contribution in [-0.4, -0.2) is 19.1 Å². The number of hydrogen-bond acceptors (Lipinski definition) is 2. The molecule has 0 saturated heterocycles. The molecule has 0 radical (unpaired) electrons. The smallest absolute Gasteiger partial charge is 0.364 e. The maximum atomic E-state index is 10.6. The topological polar surface area (TPSA) is 53.9 Å². The molecule has 0 bridgehead atoms. The molecule has 0 spiro atoms. The maximum absolute atomic E-state index is 10.6. The van der Waals surface area contributed by atoms with Crippen molar-refractivity contribution in [3.8, 4) is 0 Å². The van der Waals surface area contributed by atoms with Crippen molar-refractivity contribution in [1.82, 2.24) is 0 Å². The van der Waals surface area contributed by atoms with Gasteiger partial charge in [0.2, 0.25) is 0 Å². The molecule has 0 aromatic rings. The van der Waals surface area contributed by atoms with E-state index in [2.05, 4.69) is 17.0 Å². The minimum Gasteiger partial charge on any atom is -0.465 e. The van der Waals surface area contributed by atoms with E-state index >= 15 is 0 Å². The van der Waals surface area contributed by atoms with Gasteiger partial charge in [-0.3, -0.25) is 0 Å². The predicted molar refractivity (Wildman–Crippen MR) is 33.5 cm³/mol. The van der Waals surface area contributed by atoms with Gasteiger partial charge in [-0.05, 0) is 0 Å². The first kappa shape index (κ1) is 8.17. The van der Waals surface area contributed by atoms with Gasteiger partial charge in [0.15, 0.2) is 6.04 Å². The van der Waals surface area contributed by atoms with Crippen LogP contribution in [0.4, 0.5) is 0 Å². The Morgan fingerprint density at radius 2 is 2.56 bits per heavy atom. The summed E-state index contributed by atoms with van der Waals surface area (Å²) in [6, 6.07) is -0.299. The molecule has 0 aromatic heterocycles. The number of rotatable bonds is 3. The first-order chi connectivity index (χ1) is 4.22. The highest BCUT2D eigenvalue weighted by Gasteiger charge is 2.14. The van der Waals surface area contributed by atoms with Gasteiger partial charge in [-0.15, -0.1) is 6.58 Å². The van der Waals surface area contributed by atoms with Crippen molar-refractivity contribution in [3.05, 3.63) is 12.7 Å². The molecule has 3 N–H and O–H groups in total. The molecule has 0 rings (SSSR count). The molecule has 0 aliphatic carbocycles. The molecule has 0 heterocycles. The van der Waals surface area contributed by atoms with Crippen molar-refractivity contribution in [2.45, 2.75) is 12.5 Å². The van der Waals surface area contributed by atoms with Crippen LogP contribution in [0.1, 0.15) is 6.42 Å². The summed E-state index contributed by atoms with van der Waals surface area (Å²) in [5, 5.41) is 0. The Morgan fingerprint density at radius 3 is 2.89 bits per heavy atom. The normalized spacial score (nSPS) is 12.2. The molecule has 0 fully saturated rings. The summed E-state index contributed by atoms with van der Waals surface area (Å²) in [4.78, 5) is 10.6. The molecule has 0 saturated carbocycles. The van der Waals surface area contributed by atoms with E-state index in [-0.39, 0.29) is 12.0 Å². The Morgan fingerprint density at radius 1 is 2.00 bits per heavy atom. The molecule has 3 heteroatoms. The van der Waals surface area contributed by atoms with Gasteiger partial charge in [-0.1, -0.05) is 6.08 Å². The monoisotopic (exact) mass is 130 g/mol. The minimum absolute atomic E-state index is 0.282. The number of carbonyl (C=O) groups is 1. The molecular weight excluding hydrogens is 118 g/mol. The van der Waals surface area contributed by atoms with Crippen LogP contribution in [0.5, 0.6) is 0 Å². The van der Waals surface area contributed by atoms with E-state index in [1.54, 1.807) is 6.08 Å². The zero-order chi connectivity index (χ0) is 7.28. The molecule has 0 unspecified atom stereocenters. The van der Waals surface area contributed by atoms with E-state index < -0.39 is 0 Å². The lowest BCUT2D eigenvalue weighted by atomic mass is 10.2. The molecule has 0 aliphatic heterocycles. The number of methoxy groups -OCH3 is 1. The predicted octanol–water partition coefficient (Wildman–Crippen LogP) is -0.654. The van der Waals surface area contributed by atoms with E-state index in [0.717, 1.165) is 0 Å². The van der Waals surface area contributed by atoms with Crippen molar-refractivity contribution in [3.63, 3.8) is 0 Å². The summed E-state index contributed by atoms with van der Waals surface area (Å²) in [5.41, 5.74) is 3.55. The summed E-state index contributed by atoms with van der Waals surface area (Å²) in [5.74, 6) is -0.282. The van der Waals surface area contributed by atoms with Gasteiger partial charge < -0.3 is 10.5 Å². The molecular formula is C6H12NO2+. The largest absolute Gasteiger partial charge is 0.465 e. The van der Waals surface area contributed by atoms with Crippen molar-refractivity contribution in [2.75, 3.05) is 7.11 Å². The fourth-order valence-electron chi connectivity index (χ4n) is 0.464. The van der Waals surface area contributed by atoms with Crippen LogP contribution in [0.25, 0.3) is 0 Å². The minimum atomic E-state index is -0.299. The summed E-state index contributed by atoms with van der Waals surface area (Å²) in [6.07, 6.45) is 2.22. The van der Waals surface area contributed by atoms with E-state index in [1.807, 2.05) is 0 Å². The van der Waals surface area contributed by atoms with Crippen molar-refractivity contribution >= 4 is 5.97 Å². The van der Waals surface area contributed by atoms with Crippen LogP contribution in [0, 0.1) is 0 Å². The van der Waals surface area contributed by atoms with Gasteiger partial charge in [0.05, 0.1) is 7.11 Å². The zero-order valence-corrected chi connectivity index (χ0v) is 5.59. The lowest BCUT2D eigenvalue weighted by Crippen LogP contribution is -2.64. The van der Waals surface area contributed by atoms with Crippen LogP contribution in [0.15, 0.2) is 12.7 Å². The number of ether oxygens (including phenoxy) is 1. The third-order valence-corrected chi connectivity index (χ3v) is 0.986. The Kier molecular flexibility index (Phi) is 3.71. The van der Waals surface area contributed by atoms with Gasteiger partial charge in [-0.25, -0.2) is 4.79 Å². The Balaban J connectivity index is 3.58. The lowest BCUT2D eigenvalue weighted by molar-refractivity contribution is -0.406. The highest BCUT2D eigenvalue weighted by atomic mass is 16.5. The van der Waals surface area contributed by atoms with E-state index in [9.17, 15) is 4.79 Å². The summed E-state index contributed by atoms with van der Waals surface area (Å²) in [7, 11) is 1.35. The Hall–Kier alpha value is -0.830. The van der Waals surface area contributed by atoms with Crippen LogP contribution >= 0.6 is 0 Å². The molecule has 0 aliphatic rings. The van der Waals surface area contributed by atoms with Gasteiger partial charge in [0.25, 0.3) is 0 Å². The first-order valence-electron chi connectivity index (χ1n) is 2.74. The molecule has 1 atom stereocenters. The highest BCUT2D eigenvalue weighted by Crippen LogP contribution is 1.87. The maximum Gasteiger partial charge on any atom is 0.364 e. The highest BCUT2D eigenvalue weighted by molar-refractivity contribution is 5.73. The van der Waals surface area contributed by atoms with Gasteiger partial charge in [0.1, 0.15) is 0 Å². The first-order valence-corrected chi connectivity index (χ1v) is 2.74. The third-order valence-electron chi connectivity index (χ3n) is 0.986. The number of esters is 1. The molecule has 3 nitrogen and oxygen atoms in total. The summed E-state index contributed by atoms with van der Waals surface area (Å²) < 4.78 is 4.42.